The Morgan fingerprint density at radius 2 is 2.06 bits per heavy atom. The highest BCUT2D eigenvalue weighted by atomic mass is 35.5. The lowest BCUT2D eigenvalue weighted by Gasteiger charge is -2.20. The minimum Gasteiger partial charge on any atom is -0.341 e. The third kappa shape index (κ3) is 4.32. The van der Waals surface area contributed by atoms with E-state index in [0.717, 1.165) is 0 Å². The maximum absolute atomic E-state index is 13.3. The first-order valence-corrected chi connectivity index (χ1v) is 5.24. The number of hydrogen-bond acceptors (Lipinski definition) is 2. The normalized spacial score (nSPS) is 11.5. The van der Waals surface area contributed by atoms with E-state index in [-0.39, 0.29) is 36.6 Å². The maximum atomic E-state index is 13.3. The molecule has 0 heterocycles. The lowest BCUT2D eigenvalue weighted by molar-refractivity contribution is -0.133. The molecule has 17 heavy (non-hydrogen) atoms. The molecule has 1 unspecified atom stereocenters. The molecule has 0 spiro atoms. The molecule has 0 radical (unpaired) electrons. The SMILES string of the molecule is CC(CN)C(=O)N(C)Cc1ccccc1F.Cl. The van der Waals surface area contributed by atoms with E-state index in [4.69, 9.17) is 5.73 Å². The molecule has 0 saturated heterocycles. The highest BCUT2D eigenvalue weighted by molar-refractivity contribution is 5.85. The van der Waals surface area contributed by atoms with Crippen LogP contribution in [0.25, 0.3) is 0 Å². The standard InChI is InChI=1S/C12H17FN2O.ClH/c1-9(7-14)12(16)15(2)8-10-5-3-4-6-11(10)13;/h3-6,9H,7-8,14H2,1-2H3;1H. The molecule has 1 rings (SSSR count). The van der Waals surface area contributed by atoms with Crippen molar-refractivity contribution < 1.29 is 9.18 Å². The summed E-state index contributed by atoms with van der Waals surface area (Å²) in [5.74, 6) is -0.579. The number of rotatable bonds is 4. The average Bonchev–Trinajstić information content (AvgIpc) is 2.30. The van der Waals surface area contributed by atoms with Crippen molar-refractivity contribution in [3.63, 3.8) is 0 Å². The van der Waals surface area contributed by atoms with Gasteiger partial charge in [0.1, 0.15) is 5.82 Å². The molecule has 2 N–H and O–H groups in total. The van der Waals surface area contributed by atoms with Crippen LogP contribution in [-0.2, 0) is 11.3 Å². The minimum absolute atomic E-state index is 0. The molecular weight excluding hydrogens is 243 g/mol. The van der Waals surface area contributed by atoms with Gasteiger partial charge in [0.15, 0.2) is 0 Å². The maximum Gasteiger partial charge on any atom is 0.226 e. The number of benzene rings is 1. The molecule has 96 valence electrons. The van der Waals surface area contributed by atoms with Crippen molar-refractivity contribution in [1.82, 2.24) is 4.90 Å². The van der Waals surface area contributed by atoms with Crippen molar-refractivity contribution in [1.29, 1.82) is 0 Å². The van der Waals surface area contributed by atoms with E-state index >= 15 is 0 Å². The number of hydrogen-bond donors (Lipinski definition) is 1. The van der Waals surface area contributed by atoms with Crippen LogP contribution in [0.1, 0.15) is 12.5 Å². The van der Waals surface area contributed by atoms with Gasteiger partial charge in [0.25, 0.3) is 0 Å². The van der Waals surface area contributed by atoms with Gasteiger partial charge in [-0.2, -0.15) is 0 Å². The Balaban J connectivity index is 0.00000256. The van der Waals surface area contributed by atoms with Gasteiger partial charge in [-0.3, -0.25) is 4.79 Å². The van der Waals surface area contributed by atoms with Gasteiger partial charge in [0.05, 0.1) is 0 Å². The molecule has 3 nitrogen and oxygen atoms in total. The van der Waals surface area contributed by atoms with Crippen LogP contribution in [0.15, 0.2) is 24.3 Å². The van der Waals surface area contributed by atoms with Crippen molar-refractivity contribution in [2.24, 2.45) is 11.7 Å². The Morgan fingerprint density at radius 1 is 1.47 bits per heavy atom. The van der Waals surface area contributed by atoms with E-state index in [2.05, 4.69) is 0 Å². The first-order valence-electron chi connectivity index (χ1n) is 5.24. The van der Waals surface area contributed by atoms with Crippen LogP contribution in [0.3, 0.4) is 0 Å². The number of carbonyl (C=O) groups is 1. The topological polar surface area (TPSA) is 46.3 Å². The molecule has 0 saturated carbocycles. The molecule has 1 amide bonds. The summed E-state index contributed by atoms with van der Waals surface area (Å²) in [6.07, 6.45) is 0. The van der Waals surface area contributed by atoms with E-state index in [0.29, 0.717) is 12.1 Å². The molecule has 0 fully saturated rings. The fourth-order valence-corrected chi connectivity index (χ4v) is 1.44. The fourth-order valence-electron chi connectivity index (χ4n) is 1.44. The van der Waals surface area contributed by atoms with Gasteiger partial charge in [0.2, 0.25) is 5.91 Å². The van der Waals surface area contributed by atoms with E-state index in [1.165, 1.54) is 11.0 Å². The molecule has 0 aliphatic carbocycles. The summed E-state index contributed by atoms with van der Waals surface area (Å²) in [5, 5.41) is 0. The molecule has 1 atom stereocenters. The average molecular weight is 261 g/mol. The molecule has 1 aromatic carbocycles. The number of amides is 1. The number of carbonyl (C=O) groups excluding carboxylic acids is 1. The van der Waals surface area contributed by atoms with E-state index in [9.17, 15) is 9.18 Å². The van der Waals surface area contributed by atoms with Gasteiger partial charge in [-0.05, 0) is 6.07 Å². The monoisotopic (exact) mass is 260 g/mol. The van der Waals surface area contributed by atoms with Gasteiger partial charge in [-0.15, -0.1) is 12.4 Å². The van der Waals surface area contributed by atoms with Crippen LogP contribution >= 0.6 is 12.4 Å². The van der Waals surface area contributed by atoms with Gasteiger partial charge in [0, 0.05) is 31.6 Å². The van der Waals surface area contributed by atoms with Crippen molar-refractivity contribution >= 4 is 18.3 Å². The Kier molecular flexibility index (Phi) is 6.76. The van der Waals surface area contributed by atoms with Gasteiger partial charge >= 0.3 is 0 Å². The van der Waals surface area contributed by atoms with E-state index < -0.39 is 0 Å². The smallest absolute Gasteiger partial charge is 0.226 e. The molecule has 0 aliphatic heterocycles. The van der Waals surface area contributed by atoms with Gasteiger partial charge in [-0.1, -0.05) is 25.1 Å². The second-order valence-electron chi connectivity index (χ2n) is 3.92. The summed E-state index contributed by atoms with van der Waals surface area (Å²) < 4.78 is 13.3. The van der Waals surface area contributed by atoms with Crippen LogP contribution in [0, 0.1) is 11.7 Å². The Bertz CT molecular complexity index is 373. The fraction of sp³-hybridized carbons (Fsp3) is 0.417. The summed E-state index contributed by atoms with van der Waals surface area (Å²) in [6, 6.07) is 6.44. The van der Waals surface area contributed by atoms with E-state index in [1.54, 1.807) is 32.2 Å². The van der Waals surface area contributed by atoms with Crippen LogP contribution < -0.4 is 5.73 Å². The highest BCUT2D eigenvalue weighted by Crippen LogP contribution is 2.10. The first-order chi connectivity index (χ1) is 7.56. The third-order valence-corrected chi connectivity index (χ3v) is 2.52. The third-order valence-electron chi connectivity index (χ3n) is 2.52. The first kappa shape index (κ1) is 15.9. The second-order valence-corrected chi connectivity index (χ2v) is 3.92. The van der Waals surface area contributed by atoms with Gasteiger partial charge in [-0.25, -0.2) is 4.39 Å². The lowest BCUT2D eigenvalue weighted by atomic mass is 10.1. The number of nitrogens with two attached hydrogens (primary N) is 1. The number of nitrogens with zero attached hydrogens (tertiary/aromatic N) is 1. The zero-order chi connectivity index (χ0) is 12.1. The summed E-state index contributed by atoms with van der Waals surface area (Å²) >= 11 is 0. The van der Waals surface area contributed by atoms with Crippen molar-refractivity contribution in [2.75, 3.05) is 13.6 Å². The molecule has 0 aliphatic rings. The molecule has 1 aromatic rings. The summed E-state index contributed by atoms with van der Waals surface area (Å²) in [7, 11) is 1.65. The van der Waals surface area contributed by atoms with Crippen LogP contribution in [0.2, 0.25) is 0 Å². The quantitative estimate of drug-likeness (QED) is 0.897. The van der Waals surface area contributed by atoms with Crippen LogP contribution in [0.5, 0.6) is 0 Å². The summed E-state index contributed by atoms with van der Waals surface area (Å²) in [6.45, 7) is 2.34. The van der Waals surface area contributed by atoms with Gasteiger partial charge < -0.3 is 10.6 Å². The Morgan fingerprint density at radius 3 is 2.59 bits per heavy atom. The molecule has 0 bridgehead atoms. The largest absolute Gasteiger partial charge is 0.341 e. The van der Waals surface area contributed by atoms with E-state index in [1.807, 2.05) is 0 Å². The zero-order valence-corrected chi connectivity index (χ0v) is 10.8. The predicted molar refractivity (Wildman–Crippen MR) is 68.3 cm³/mol. The van der Waals surface area contributed by atoms with Crippen LogP contribution in [0.4, 0.5) is 4.39 Å². The predicted octanol–water partition coefficient (Wildman–Crippen LogP) is 1.80. The van der Waals surface area contributed by atoms with Crippen molar-refractivity contribution in [2.45, 2.75) is 13.5 Å². The number of halogens is 2. The van der Waals surface area contributed by atoms with Crippen molar-refractivity contribution in [3.8, 4) is 0 Å². The Labute approximate surface area is 107 Å². The zero-order valence-electron chi connectivity index (χ0n) is 10.0. The lowest BCUT2D eigenvalue weighted by Crippen LogP contribution is -2.34. The summed E-state index contributed by atoms with van der Waals surface area (Å²) in [5.41, 5.74) is 5.93. The summed E-state index contributed by atoms with van der Waals surface area (Å²) in [4.78, 5) is 13.2. The second kappa shape index (κ2) is 7.25. The molecule has 0 aromatic heterocycles. The Hall–Kier alpha value is -1.13. The van der Waals surface area contributed by atoms with Crippen LogP contribution in [-0.4, -0.2) is 24.4 Å². The highest BCUT2D eigenvalue weighted by Gasteiger charge is 2.16. The van der Waals surface area contributed by atoms with Crippen molar-refractivity contribution in [3.05, 3.63) is 35.6 Å². The minimum atomic E-state index is -0.289. The molecular formula is C12H18ClFN2O. The molecule has 5 heteroatoms.